The van der Waals surface area contributed by atoms with E-state index in [9.17, 15) is 25.2 Å². The average molecular weight is 338 g/mol. The molecule has 0 spiro atoms. The number of aliphatic hydroxyl groups is 3. The fourth-order valence-electron chi connectivity index (χ4n) is 2.68. The van der Waals surface area contributed by atoms with Crippen molar-refractivity contribution in [3.05, 3.63) is 34.2 Å². The number of fused-ring (bicyclic) bond motifs is 1. The molecule has 2 aromatic rings. The Hall–Kier alpha value is -2.13. The number of aliphatic hydroxyl groups excluding tert-OH is 3. The predicted octanol–water partition coefficient (Wildman–Crippen LogP) is 0.0133. The van der Waals surface area contributed by atoms with E-state index in [2.05, 4.69) is 0 Å². The van der Waals surface area contributed by atoms with Crippen molar-refractivity contribution >= 4 is 11.0 Å². The third-order valence-corrected chi connectivity index (χ3v) is 3.97. The van der Waals surface area contributed by atoms with Crippen LogP contribution < -0.4 is 10.2 Å². The van der Waals surface area contributed by atoms with Crippen molar-refractivity contribution in [1.29, 1.82) is 0 Å². The molecular formula is C16H18O8. The maximum Gasteiger partial charge on any atom is 0.229 e. The Bertz CT molecular complexity index is 814. The minimum atomic E-state index is -1.49. The van der Waals surface area contributed by atoms with Crippen molar-refractivity contribution in [2.24, 2.45) is 0 Å². The molecule has 1 saturated heterocycles. The molecule has 1 fully saturated rings. The topological polar surface area (TPSA) is 130 Å². The van der Waals surface area contributed by atoms with Crippen molar-refractivity contribution in [2.45, 2.75) is 44.6 Å². The highest BCUT2D eigenvalue weighted by atomic mass is 16.7. The average Bonchev–Trinajstić information content (AvgIpc) is 2.49. The van der Waals surface area contributed by atoms with Crippen LogP contribution in [0.4, 0.5) is 0 Å². The van der Waals surface area contributed by atoms with Crippen LogP contribution in [-0.2, 0) is 4.74 Å². The highest BCUT2D eigenvalue weighted by Gasteiger charge is 2.43. The van der Waals surface area contributed by atoms with E-state index in [0.717, 1.165) is 0 Å². The summed E-state index contributed by atoms with van der Waals surface area (Å²) < 4.78 is 16.2. The minimum Gasteiger partial charge on any atom is -0.507 e. The molecule has 8 heteroatoms. The fourth-order valence-corrected chi connectivity index (χ4v) is 2.68. The van der Waals surface area contributed by atoms with E-state index in [1.165, 1.54) is 25.1 Å². The molecule has 2 heterocycles. The largest absolute Gasteiger partial charge is 0.507 e. The van der Waals surface area contributed by atoms with Gasteiger partial charge in [-0.15, -0.1) is 0 Å². The van der Waals surface area contributed by atoms with E-state index in [4.69, 9.17) is 13.9 Å². The Labute approximate surface area is 136 Å². The SMILES string of the molecule is Cc1cc(=O)c2c(O)cc(OC3OC(C)C(O)C(O)C3O)cc2o1. The van der Waals surface area contributed by atoms with E-state index in [1.54, 1.807) is 6.92 Å². The van der Waals surface area contributed by atoms with Gasteiger partial charge >= 0.3 is 0 Å². The van der Waals surface area contributed by atoms with E-state index in [1.807, 2.05) is 0 Å². The molecule has 0 saturated carbocycles. The summed E-state index contributed by atoms with van der Waals surface area (Å²) in [6.07, 6.45) is -6.19. The van der Waals surface area contributed by atoms with Crippen LogP contribution in [0.25, 0.3) is 11.0 Å². The molecular weight excluding hydrogens is 320 g/mol. The van der Waals surface area contributed by atoms with Crippen LogP contribution in [0.5, 0.6) is 11.5 Å². The molecule has 1 aromatic carbocycles. The first-order chi connectivity index (χ1) is 11.3. The van der Waals surface area contributed by atoms with Crippen molar-refractivity contribution in [2.75, 3.05) is 0 Å². The lowest BCUT2D eigenvalue weighted by molar-refractivity contribution is -0.268. The maximum atomic E-state index is 11.9. The monoisotopic (exact) mass is 338 g/mol. The molecule has 4 N–H and O–H groups in total. The highest BCUT2D eigenvalue weighted by molar-refractivity contribution is 5.84. The zero-order chi connectivity index (χ0) is 17.6. The van der Waals surface area contributed by atoms with Crippen molar-refractivity contribution < 1.29 is 34.3 Å². The summed E-state index contributed by atoms with van der Waals surface area (Å²) in [5.74, 6) is 0.105. The van der Waals surface area contributed by atoms with Gasteiger partial charge in [-0.05, 0) is 13.8 Å². The second-order valence-electron chi connectivity index (χ2n) is 5.84. The highest BCUT2D eigenvalue weighted by Crippen LogP contribution is 2.31. The van der Waals surface area contributed by atoms with Gasteiger partial charge in [-0.25, -0.2) is 0 Å². The van der Waals surface area contributed by atoms with Crippen LogP contribution in [0.2, 0.25) is 0 Å². The molecule has 3 rings (SSSR count). The number of hydrogen-bond acceptors (Lipinski definition) is 8. The summed E-state index contributed by atoms with van der Waals surface area (Å²) in [7, 11) is 0. The summed E-state index contributed by atoms with van der Waals surface area (Å²) in [6.45, 7) is 3.12. The van der Waals surface area contributed by atoms with Gasteiger partial charge in [0.2, 0.25) is 6.29 Å². The number of phenols is 1. The maximum absolute atomic E-state index is 11.9. The van der Waals surface area contributed by atoms with Crippen LogP contribution in [-0.4, -0.2) is 51.1 Å². The quantitative estimate of drug-likeness (QED) is 0.603. The molecule has 130 valence electrons. The molecule has 24 heavy (non-hydrogen) atoms. The first kappa shape index (κ1) is 16.7. The lowest BCUT2D eigenvalue weighted by Crippen LogP contribution is -2.58. The zero-order valence-corrected chi connectivity index (χ0v) is 13.0. The zero-order valence-electron chi connectivity index (χ0n) is 13.0. The summed E-state index contributed by atoms with van der Waals surface area (Å²) in [4.78, 5) is 11.9. The first-order valence-electron chi connectivity index (χ1n) is 7.41. The van der Waals surface area contributed by atoms with Crippen LogP contribution in [0, 0.1) is 6.92 Å². The van der Waals surface area contributed by atoms with Crippen molar-refractivity contribution in [3.63, 3.8) is 0 Å². The summed E-state index contributed by atoms with van der Waals surface area (Å²) in [5.41, 5.74) is -0.271. The fraction of sp³-hybridized carbons (Fsp3) is 0.438. The second-order valence-corrected chi connectivity index (χ2v) is 5.84. The van der Waals surface area contributed by atoms with Crippen molar-refractivity contribution in [3.8, 4) is 11.5 Å². The number of rotatable bonds is 2. The number of aryl methyl sites for hydroxylation is 1. The number of hydrogen-bond donors (Lipinski definition) is 4. The lowest BCUT2D eigenvalue weighted by Gasteiger charge is -2.38. The van der Waals surface area contributed by atoms with Crippen LogP contribution in [0.3, 0.4) is 0 Å². The van der Waals surface area contributed by atoms with Gasteiger partial charge in [0.25, 0.3) is 0 Å². The van der Waals surface area contributed by atoms with Gasteiger partial charge in [-0.1, -0.05) is 0 Å². The van der Waals surface area contributed by atoms with Gasteiger partial charge in [0.05, 0.1) is 6.10 Å². The van der Waals surface area contributed by atoms with Gasteiger partial charge < -0.3 is 34.3 Å². The molecule has 1 aromatic heterocycles. The Morgan fingerprint density at radius 2 is 1.79 bits per heavy atom. The van der Waals surface area contributed by atoms with Crippen LogP contribution in [0.1, 0.15) is 12.7 Å². The lowest BCUT2D eigenvalue weighted by atomic mass is 10.00. The number of ether oxygens (including phenoxy) is 2. The van der Waals surface area contributed by atoms with E-state index < -0.39 is 30.7 Å². The Morgan fingerprint density at radius 1 is 1.08 bits per heavy atom. The number of phenolic OH excluding ortho intramolecular Hbond substituents is 1. The molecule has 0 aliphatic carbocycles. The summed E-state index contributed by atoms with van der Waals surface area (Å²) >= 11 is 0. The van der Waals surface area contributed by atoms with E-state index in [-0.39, 0.29) is 27.9 Å². The van der Waals surface area contributed by atoms with Crippen LogP contribution in [0.15, 0.2) is 27.4 Å². The smallest absolute Gasteiger partial charge is 0.229 e. The third kappa shape index (κ3) is 2.84. The third-order valence-electron chi connectivity index (χ3n) is 3.97. The van der Waals surface area contributed by atoms with Gasteiger partial charge in [0.1, 0.15) is 46.5 Å². The number of benzene rings is 1. The van der Waals surface area contributed by atoms with E-state index in [0.29, 0.717) is 5.76 Å². The standard InChI is InChI=1S/C16H18O8/c1-6-3-9(17)12-10(18)4-8(5-11(12)22-6)24-16-15(21)14(20)13(19)7(2)23-16/h3-5,7,13-16,18-21H,1-2H3. The van der Waals surface area contributed by atoms with Gasteiger partial charge in [0, 0.05) is 18.2 Å². The molecule has 0 bridgehead atoms. The Kier molecular flexibility index (Phi) is 4.22. The van der Waals surface area contributed by atoms with E-state index >= 15 is 0 Å². The van der Waals surface area contributed by atoms with Gasteiger partial charge in [-0.2, -0.15) is 0 Å². The molecule has 8 nitrogen and oxygen atoms in total. The molecule has 5 unspecified atom stereocenters. The van der Waals surface area contributed by atoms with Crippen molar-refractivity contribution in [1.82, 2.24) is 0 Å². The Morgan fingerprint density at radius 3 is 2.50 bits per heavy atom. The molecule has 5 atom stereocenters. The van der Waals surface area contributed by atoms with Gasteiger partial charge in [-0.3, -0.25) is 4.79 Å². The second kappa shape index (κ2) is 6.06. The first-order valence-corrected chi connectivity index (χ1v) is 7.41. The van der Waals surface area contributed by atoms with Gasteiger partial charge in [0.15, 0.2) is 5.43 Å². The number of aromatic hydroxyl groups is 1. The van der Waals surface area contributed by atoms with Crippen LogP contribution >= 0.6 is 0 Å². The summed E-state index contributed by atoms with van der Waals surface area (Å²) in [5, 5.41) is 39.5. The minimum absolute atomic E-state index is 0.0156. The molecule has 1 aliphatic heterocycles. The normalized spacial score (nSPS) is 30.5. The summed E-state index contributed by atoms with van der Waals surface area (Å²) in [6, 6.07) is 3.82. The molecule has 0 radical (unpaired) electrons. The molecule has 1 aliphatic rings. The Balaban J connectivity index is 1.94. The predicted molar refractivity (Wildman–Crippen MR) is 81.9 cm³/mol. The molecule has 0 amide bonds.